The van der Waals surface area contributed by atoms with Crippen LogP contribution in [0.5, 0.6) is 0 Å². The van der Waals surface area contributed by atoms with Crippen molar-refractivity contribution >= 4 is 12.7 Å². The second-order valence-electron chi connectivity index (χ2n) is 8.97. The zero-order valence-electron chi connectivity index (χ0n) is 17.8. The van der Waals surface area contributed by atoms with Gasteiger partial charge < -0.3 is 0 Å². The van der Waals surface area contributed by atoms with E-state index in [-0.39, 0.29) is 0 Å². The first-order valence-electron chi connectivity index (χ1n) is 10.9. The molecule has 0 amide bonds. The highest BCUT2D eigenvalue weighted by Gasteiger charge is 2.32. The molecule has 0 aliphatic heterocycles. The normalized spacial score (nSPS) is 15.4. The molecular formula is C29H24B. The molecule has 4 aromatic carbocycles. The van der Waals surface area contributed by atoms with Gasteiger partial charge in [-0.15, -0.1) is 0 Å². The number of hydrogen-bond donors (Lipinski definition) is 0. The summed E-state index contributed by atoms with van der Waals surface area (Å²) >= 11 is 0. The monoisotopic (exact) mass is 383 g/mol. The molecule has 2 aliphatic rings. The first-order chi connectivity index (χ1) is 14.6. The van der Waals surface area contributed by atoms with Crippen LogP contribution < -0.4 is 5.46 Å². The van der Waals surface area contributed by atoms with Crippen LogP contribution in [0.4, 0.5) is 0 Å². The number of fused-ring (bicyclic) bond motifs is 6. The second-order valence-corrected chi connectivity index (χ2v) is 8.97. The number of aryl methyl sites for hydroxylation is 3. The summed E-state index contributed by atoms with van der Waals surface area (Å²) in [7, 11) is 2.50. The molecule has 1 unspecified atom stereocenters. The summed E-state index contributed by atoms with van der Waals surface area (Å²) < 4.78 is 0. The highest BCUT2D eigenvalue weighted by Crippen LogP contribution is 2.49. The van der Waals surface area contributed by atoms with E-state index in [1.54, 1.807) is 0 Å². The number of rotatable bonds is 2. The van der Waals surface area contributed by atoms with E-state index in [0.717, 1.165) is 6.42 Å². The molecule has 6 rings (SSSR count). The molecule has 143 valence electrons. The van der Waals surface area contributed by atoms with Gasteiger partial charge in [0.15, 0.2) is 7.28 Å². The Morgan fingerprint density at radius 2 is 1.33 bits per heavy atom. The van der Waals surface area contributed by atoms with Crippen LogP contribution in [-0.2, 0) is 6.42 Å². The van der Waals surface area contributed by atoms with Crippen molar-refractivity contribution < 1.29 is 0 Å². The Kier molecular flexibility index (Phi) is 3.83. The van der Waals surface area contributed by atoms with Gasteiger partial charge in [0.1, 0.15) is 0 Å². The van der Waals surface area contributed by atoms with Gasteiger partial charge in [-0.2, -0.15) is 0 Å². The van der Waals surface area contributed by atoms with Crippen LogP contribution in [0.2, 0.25) is 0 Å². The van der Waals surface area contributed by atoms with Gasteiger partial charge in [-0.3, -0.25) is 0 Å². The third kappa shape index (κ3) is 2.55. The SMILES string of the molecule is Cc1cc(C)c([B]C2c3ccccc3-c3cc4c(cc32)-c2ccccc2C4)c(C)c1. The van der Waals surface area contributed by atoms with E-state index in [4.69, 9.17) is 0 Å². The van der Waals surface area contributed by atoms with E-state index in [1.165, 1.54) is 66.7 Å². The van der Waals surface area contributed by atoms with E-state index >= 15 is 0 Å². The molecule has 0 aromatic heterocycles. The van der Waals surface area contributed by atoms with Crippen molar-refractivity contribution in [2.45, 2.75) is 33.0 Å². The molecule has 1 radical (unpaired) electrons. The molecule has 0 saturated carbocycles. The fourth-order valence-electron chi connectivity index (χ4n) is 5.67. The van der Waals surface area contributed by atoms with E-state index in [9.17, 15) is 0 Å². The Morgan fingerprint density at radius 1 is 0.633 bits per heavy atom. The maximum atomic E-state index is 2.50. The maximum absolute atomic E-state index is 2.50. The molecule has 4 aromatic rings. The van der Waals surface area contributed by atoms with Crippen LogP contribution in [0, 0.1) is 20.8 Å². The Balaban J connectivity index is 1.53. The maximum Gasteiger partial charge on any atom is 0.167 e. The number of benzene rings is 4. The van der Waals surface area contributed by atoms with E-state index in [2.05, 4.69) is 101 Å². The summed E-state index contributed by atoms with van der Waals surface area (Å²) in [5.41, 5.74) is 16.9. The first-order valence-corrected chi connectivity index (χ1v) is 10.9. The molecule has 1 atom stereocenters. The minimum Gasteiger partial charge on any atom is -0.0809 e. The first kappa shape index (κ1) is 17.8. The van der Waals surface area contributed by atoms with Gasteiger partial charge in [-0.25, -0.2) is 0 Å². The largest absolute Gasteiger partial charge is 0.167 e. The predicted molar refractivity (Wildman–Crippen MR) is 128 cm³/mol. The van der Waals surface area contributed by atoms with Crippen molar-refractivity contribution in [2.75, 3.05) is 0 Å². The number of hydrogen-bond acceptors (Lipinski definition) is 0. The standard InChI is InChI=1S/C29H24B/c1-17-12-18(2)28(19(3)13-17)30-29-24-11-7-6-10-23(24)26-15-21-14-20-8-4-5-9-22(20)25(21)16-27(26)29/h4-13,15-16,29H,14H2,1-3H3. The molecule has 1 heteroatoms. The van der Waals surface area contributed by atoms with Crippen LogP contribution in [0.25, 0.3) is 22.3 Å². The second kappa shape index (κ2) is 6.47. The minimum atomic E-state index is 0.300. The molecule has 0 spiro atoms. The lowest BCUT2D eigenvalue weighted by Crippen LogP contribution is -2.27. The molecule has 0 N–H and O–H groups in total. The molecule has 0 bridgehead atoms. The fourth-order valence-corrected chi connectivity index (χ4v) is 5.67. The van der Waals surface area contributed by atoms with Crippen molar-refractivity contribution in [3.8, 4) is 22.3 Å². The summed E-state index contributed by atoms with van der Waals surface area (Å²) in [5.74, 6) is 0.300. The molecule has 30 heavy (non-hydrogen) atoms. The highest BCUT2D eigenvalue weighted by atomic mass is 14.3. The third-order valence-corrected chi connectivity index (χ3v) is 6.96. The van der Waals surface area contributed by atoms with E-state index < -0.39 is 0 Å². The lowest BCUT2D eigenvalue weighted by atomic mass is 9.53. The molecule has 0 heterocycles. The molecule has 0 nitrogen and oxygen atoms in total. The van der Waals surface area contributed by atoms with Gasteiger partial charge in [-0.1, -0.05) is 88.9 Å². The van der Waals surface area contributed by atoms with Crippen molar-refractivity contribution in [3.05, 3.63) is 112 Å². The summed E-state index contributed by atoms with van der Waals surface area (Å²) in [6.45, 7) is 6.67. The van der Waals surface area contributed by atoms with Crippen molar-refractivity contribution in [2.24, 2.45) is 0 Å². The average molecular weight is 383 g/mol. The van der Waals surface area contributed by atoms with Crippen molar-refractivity contribution in [1.82, 2.24) is 0 Å². The molecule has 2 aliphatic carbocycles. The van der Waals surface area contributed by atoms with Gasteiger partial charge in [0, 0.05) is 0 Å². The highest BCUT2D eigenvalue weighted by molar-refractivity contribution is 6.57. The van der Waals surface area contributed by atoms with Gasteiger partial charge in [0.25, 0.3) is 0 Å². The topological polar surface area (TPSA) is 0 Å². The molecular weight excluding hydrogens is 359 g/mol. The lowest BCUT2D eigenvalue weighted by molar-refractivity contribution is 1.18. The quantitative estimate of drug-likeness (QED) is 0.315. The summed E-state index contributed by atoms with van der Waals surface area (Å²) in [5, 5.41) is 0. The lowest BCUT2D eigenvalue weighted by Gasteiger charge is -2.18. The Morgan fingerprint density at radius 3 is 2.13 bits per heavy atom. The predicted octanol–water partition coefficient (Wildman–Crippen LogP) is 6.28. The zero-order chi connectivity index (χ0) is 20.4. The Hall–Kier alpha value is -3.06. The van der Waals surface area contributed by atoms with Gasteiger partial charge in [0.2, 0.25) is 0 Å². The van der Waals surface area contributed by atoms with Crippen LogP contribution in [-0.4, -0.2) is 7.28 Å². The fraction of sp³-hybridized carbons (Fsp3) is 0.172. The Labute approximate surface area is 179 Å². The van der Waals surface area contributed by atoms with E-state index in [1.807, 2.05) is 0 Å². The molecule has 0 saturated heterocycles. The summed E-state index contributed by atoms with van der Waals surface area (Å²) in [6, 6.07) is 27.4. The minimum absolute atomic E-state index is 0.300. The smallest absolute Gasteiger partial charge is 0.0809 e. The third-order valence-electron chi connectivity index (χ3n) is 6.96. The van der Waals surface area contributed by atoms with Crippen LogP contribution >= 0.6 is 0 Å². The van der Waals surface area contributed by atoms with Crippen LogP contribution in [0.15, 0.2) is 72.8 Å². The van der Waals surface area contributed by atoms with Crippen LogP contribution in [0.3, 0.4) is 0 Å². The summed E-state index contributed by atoms with van der Waals surface area (Å²) in [4.78, 5) is 0. The van der Waals surface area contributed by atoms with Crippen molar-refractivity contribution in [3.63, 3.8) is 0 Å². The Bertz CT molecular complexity index is 1310. The van der Waals surface area contributed by atoms with E-state index in [0.29, 0.717) is 5.82 Å². The van der Waals surface area contributed by atoms with Gasteiger partial charge in [0.05, 0.1) is 0 Å². The van der Waals surface area contributed by atoms with Gasteiger partial charge >= 0.3 is 0 Å². The summed E-state index contributed by atoms with van der Waals surface area (Å²) in [6.07, 6.45) is 1.05. The van der Waals surface area contributed by atoms with Gasteiger partial charge in [-0.05, 0) is 83.6 Å². The molecule has 0 fully saturated rings. The zero-order valence-corrected chi connectivity index (χ0v) is 17.8. The average Bonchev–Trinajstić information content (AvgIpc) is 3.24. The van der Waals surface area contributed by atoms with Crippen LogP contribution in [0.1, 0.15) is 44.8 Å². The van der Waals surface area contributed by atoms with Crippen molar-refractivity contribution in [1.29, 1.82) is 0 Å².